The van der Waals surface area contributed by atoms with Crippen molar-refractivity contribution in [2.45, 2.75) is 44.1 Å². The maximum atomic E-state index is 6.40. The van der Waals surface area contributed by atoms with E-state index in [-0.39, 0.29) is 12.0 Å². The Kier molecular flexibility index (Phi) is 7.36. The molecule has 1 fully saturated rings. The van der Waals surface area contributed by atoms with Crippen molar-refractivity contribution in [1.29, 1.82) is 0 Å². The van der Waals surface area contributed by atoms with E-state index in [2.05, 4.69) is 41.4 Å². The number of ether oxygens (including phenoxy) is 3. The SMILES string of the molecule is COc1ccc([C@@H](Cc2ccncc2)c2ccc(Oc3ccc(N)cc3)cc2)cc1OC1CCCC1. The van der Waals surface area contributed by atoms with Crippen molar-refractivity contribution in [3.8, 4) is 23.0 Å². The first-order chi connectivity index (χ1) is 17.7. The van der Waals surface area contributed by atoms with Crippen LogP contribution in [0, 0.1) is 0 Å². The molecule has 0 radical (unpaired) electrons. The number of benzene rings is 3. The molecule has 4 aromatic rings. The fourth-order valence-corrected chi connectivity index (χ4v) is 4.81. The van der Waals surface area contributed by atoms with Gasteiger partial charge in [0.2, 0.25) is 0 Å². The highest BCUT2D eigenvalue weighted by atomic mass is 16.5. The summed E-state index contributed by atoms with van der Waals surface area (Å²) in [5.41, 5.74) is 10.1. The Morgan fingerprint density at radius 1 is 0.806 bits per heavy atom. The number of hydrogen-bond acceptors (Lipinski definition) is 5. The highest BCUT2D eigenvalue weighted by molar-refractivity contribution is 5.48. The van der Waals surface area contributed by atoms with Gasteiger partial charge in [0, 0.05) is 24.0 Å². The zero-order chi connectivity index (χ0) is 24.7. The van der Waals surface area contributed by atoms with Crippen LogP contribution in [0.5, 0.6) is 23.0 Å². The monoisotopic (exact) mass is 480 g/mol. The van der Waals surface area contributed by atoms with E-state index in [0.29, 0.717) is 5.69 Å². The minimum absolute atomic E-state index is 0.134. The molecule has 0 saturated heterocycles. The second-order valence-corrected chi connectivity index (χ2v) is 9.29. The molecule has 1 saturated carbocycles. The Morgan fingerprint density at radius 3 is 2.11 bits per heavy atom. The molecule has 1 heterocycles. The number of nitrogens with zero attached hydrogens (tertiary/aromatic N) is 1. The van der Waals surface area contributed by atoms with E-state index in [9.17, 15) is 0 Å². The van der Waals surface area contributed by atoms with Gasteiger partial charge < -0.3 is 19.9 Å². The average Bonchev–Trinajstić information content (AvgIpc) is 3.43. The van der Waals surface area contributed by atoms with E-state index in [4.69, 9.17) is 19.9 Å². The average molecular weight is 481 g/mol. The maximum absolute atomic E-state index is 6.40. The van der Waals surface area contributed by atoms with Crippen LogP contribution in [0.3, 0.4) is 0 Å². The molecule has 0 unspecified atom stereocenters. The number of anilines is 1. The molecular formula is C31H32N2O3. The Bertz CT molecular complexity index is 1250. The lowest BCUT2D eigenvalue weighted by Crippen LogP contribution is -2.12. The summed E-state index contributed by atoms with van der Waals surface area (Å²) in [5, 5.41) is 0. The molecule has 0 spiro atoms. The van der Waals surface area contributed by atoms with E-state index >= 15 is 0 Å². The molecule has 1 atom stereocenters. The molecule has 1 aliphatic rings. The fourth-order valence-electron chi connectivity index (χ4n) is 4.81. The molecule has 36 heavy (non-hydrogen) atoms. The van der Waals surface area contributed by atoms with Gasteiger partial charge in [0.25, 0.3) is 0 Å². The largest absolute Gasteiger partial charge is 0.493 e. The lowest BCUT2D eigenvalue weighted by Gasteiger charge is -2.22. The summed E-state index contributed by atoms with van der Waals surface area (Å²) < 4.78 is 18.1. The second-order valence-electron chi connectivity index (χ2n) is 9.29. The van der Waals surface area contributed by atoms with Crippen molar-refractivity contribution in [3.63, 3.8) is 0 Å². The Balaban J connectivity index is 1.44. The number of nitrogen functional groups attached to an aromatic ring is 1. The van der Waals surface area contributed by atoms with Crippen LogP contribution in [0.15, 0.2) is 91.3 Å². The van der Waals surface area contributed by atoms with Crippen molar-refractivity contribution < 1.29 is 14.2 Å². The summed E-state index contributed by atoms with van der Waals surface area (Å²) in [5.74, 6) is 3.28. The van der Waals surface area contributed by atoms with E-state index in [1.165, 1.54) is 29.5 Å². The quantitative estimate of drug-likeness (QED) is 0.257. The second kappa shape index (κ2) is 11.2. The molecule has 1 aromatic heterocycles. The maximum Gasteiger partial charge on any atom is 0.161 e. The molecule has 3 aromatic carbocycles. The Morgan fingerprint density at radius 2 is 1.44 bits per heavy atom. The predicted octanol–water partition coefficient (Wildman–Crippen LogP) is 7.16. The summed E-state index contributed by atoms with van der Waals surface area (Å²) in [6.45, 7) is 0. The molecule has 0 bridgehead atoms. The molecule has 5 rings (SSSR count). The predicted molar refractivity (Wildman–Crippen MR) is 143 cm³/mol. The fraction of sp³-hybridized carbons (Fsp3) is 0.258. The van der Waals surface area contributed by atoms with Crippen LogP contribution in [0.1, 0.15) is 48.3 Å². The topological polar surface area (TPSA) is 66.6 Å². The van der Waals surface area contributed by atoms with Crippen LogP contribution in [0.25, 0.3) is 0 Å². The highest BCUT2D eigenvalue weighted by Gasteiger charge is 2.21. The zero-order valence-corrected chi connectivity index (χ0v) is 20.6. The molecular weight excluding hydrogens is 448 g/mol. The van der Waals surface area contributed by atoms with Gasteiger partial charge in [-0.05, 0) is 109 Å². The molecule has 5 heteroatoms. The third-order valence-corrected chi connectivity index (χ3v) is 6.77. The van der Waals surface area contributed by atoms with Gasteiger partial charge in [0.05, 0.1) is 13.2 Å². The van der Waals surface area contributed by atoms with Gasteiger partial charge in [0.1, 0.15) is 11.5 Å². The number of nitrogens with two attached hydrogens (primary N) is 1. The summed E-state index contributed by atoms with van der Waals surface area (Å²) in [7, 11) is 1.70. The third kappa shape index (κ3) is 5.80. The van der Waals surface area contributed by atoms with Gasteiger partial charge in [-0.15, -0.1) is 0 Å². The minimum Gasteiger partial charge on any atom is -0.493 e. The summed E-state index contributed by atoms with van der Waals surface area (Å²) in [6.07, 6.45) is 9.45. The van der Waals surface area contributed by atoms with E-state index in [0.717, 1.165) is 42.3 Å². The van der Waals surface area contributed by atoms with Gasteiger partial charge in [-0.1, -0.05) is 18.2 Å². The van der Waals surface area contributed by atoms with Crippen LogP contribution < -0.4 is 19.9 Å². The van der Waals surface area contributed by atoms with Crippen LogP contribution >= 0.6 is 0 Å². The van der Waals surface area contributed by atoms with Crippen molar-refractivity contribution in [2.24, 2.45) is 0 Å². The summed E-state index contributed by atoms with van der Waals surface area (Å²) >= 11 is 0. The van der Waals surface area contributed by atoms with Crippen LogP contribution in [0.2, 0.25) is 0 Å². The molecule has 0 aliphatic heterocycles. The molecule has 184 valence electrons. The smallest absolute Gasteiger partial charge is 0.161 e. The van der Waals surface area contributed by atoms with Gasteiger partial charge in [-0.2, -0.15) is 0 Å². The van der Waals surface area contributed by atoms with Crippen molar-refractivity contribution >= 4 is 5.69 Å². The van der Waals surface area contributed by atoms with Gasteiger partial charge in [-0.3, -0.25) is 4.98 Å². The standard InChI is InChI=1S/C31H32N2O3/c1-34-30-15-8-24(21-31(30)36-26-4-2-3-5-26)29(20-22-16-18-33-19-17-22)23-6-11-27(12-7-23)35-28-13-9-25(32)10-14-28/h6-19,21,26,29H,2-5,20,32H2,1H3/t29-/m0/s1. The number of aromatic nitrogens is 1. The van der Waals surface area contributed by atoms with E-state index in [1.54, 1.807) is 7.11 Å². The van der Waals surface area contributed by atoms with Crippen molar-refractivity contribution in [2.75, 3.05) is 12.8 Å². The summed E-state index contributed by atoms with van der Waals surface area (Å²) in [6, 6.07) is 26.2. The van der Waals surface area contributed by atoms with Gasteiger partial charge >= 0.3 is 0 Å². The lowest BCUT2D eigenvalue weighted by molar-refractivity contribution is 0.200. The Labute approximate surface area is 212 Å². The van der Waals surface area contributed by atoms with Crippen LogP contribution in [-0.2, 0) is 6.42 Å². The molecule has 0 amide bonds. The summed E-state index contributed by atoms with van der Waals surface area (Å²) in [4.78, 5) is 4.19. The van der Waals surface area contributed by atoms with E-state index in [1.807, 2.05) is 54.9 Å². The third-order valence-electron chi connectivity index (χ3n) is 6.77. The van der Waals surface area contributed by atoms with Crippen LogP contribution in [-0.4, -0.2) is 18.2 Å². The number of rotatable bonds is 9. The first-order valence-electron chi connectivity index (χ1n) is 12.5. The normalized spacial score (nSPS) is 14.4. The molecule has 2 N–H and O–H groups in total. The minimum atomic E-state index is 0.134. The number of hydrogen-bond donors (Lipinski definition) is 1. The highest BCUT2D eigenvalue weighted by Crippen LogP contribution is 2.38. The van der Waals surface area contributed by atoms with Gasteiger partial charge in [-0.25, -0.2) is 0 Å². The number of pyridine rings is 1. The van der Waals surface area contributed by atoms with E-state index < -0.39 is 0 Å². The Hall–Kier alpha value is -3.99. The first-order valence-corrected chi connectivity index (χ1v) is 12.5. The van der Waals surface area contributed by atoms with Gasteiger partial charge in [0.15, 0.2) is 11.5 Å². The van der Waals surface area contributed by atoms with Crippen molar-refractivity contribution in [1.82, 2.24) is 4.98 Å². The molecule has 5 nitrogen and oxygen atoms in total. The zero-order valence-electron chi connectivity index (χ0n) is 20.6. The van der Waals surface area contributed by atoms with Crippen molar-refractivity contribution in [3.05, 3.63) is 108 Å². The lowest BCUT2D eigenvalue weighted by atomic mass is 9.86. The first kappa shape index (κ1) is 23.7. The molecule has 1 aliphatic carbocycles. The number of methoxy groups -OCH3 is 1. The van der Waals surface area contributed by atoms with Crippen LogP contribution in [0.4, 0.5) is 5.69 Å².